The van der Waals surface area contributed by atoms with E-state index in [1.807, 2.05) is 21.1 Å². The number of unbranched alkanes of at least 4 members (excludes halogenated alkanes) is 18. The van der Waals surface area contributed by atoms with Crippen LogP contribution in [-0.2, 0) is 18.4 Å². The van der Waals surface area contributed by atoms with Gasteiger partial charge in [-0.1, -0.05) is 184 Å². The quantitative estimate of drug-likeness (QED) is 0.0245. The number of hydrogen-bond donors (Lipinski definition) is 3. The van der Waals surface area contributed by atoms with Crippen molar-refractivity contribution in [2.45, 2.75) is 199 Å². The van der Waals surface area contributed by atoms with E-state index in [0.29, 0.717) is 23.9 Å². The summed E-state index contributed by atoms with van der Waals surface area (Å²) < 4.78 is 23.6. The first-order valence-electron chi connectivity index (χ1n) is 23.2. The van der Waals surface area contributed by atoms with Crippen molar-refractivity contribution in [3.63, 3.8) is 0 Å². The number of carbonyl (C=O) groups excluding carboxylic acids is 1. The van der Waals surface area contributed by atoms with Crippen LogP contribution in [0.3, 0.4) is 0 Å². The highest BCUT2D eigenvalue weighted by Gasteiger charge is 2.28. The Bertz CT molecular complexity index is 1110. The van der Waals surface area contributed by atoms with Crippen molar-refractivity contribution >= 4 is 13.7 Å². The van der Waals surface area contributed by atoms with Gasteiger partial charge in [-0.2, -0.15) is 0 Å². The van der Waals surface area contributed by atoms with Crippen LogP contribution in [0.1, 0.15) is 187 Å². The van der Waals surface area contributed by atoms with Crippen LogP contribution >= 0.6 is 7.82 Å². The molecule has 0 aromatic carbocycles. The van der Waals surface area contributed by atoms with Crippen molar-refractivity contribution in [2.24, 2.45) is 0 Å². The topological polar surface area (TPSA) is 105 Å². The fourth-order valence-corrected chi connectivity index (χ4v) is 7.10. The fraction of sp³-hybridized carbons (Fsp3) is 0.771. The Morgan fingerprint density at radius 1 is 0.614 bits per heavy atom. The number of nitrogens with zero attached hydrogens (tertiary/aromatic N) is 1. The maximum atomic E-state index is 12.9. The molecule has 332 valence electrons. The standard InChI is InChI=1S/C48H89N2O6P/c1-6-8-10-12-14-16-18-20-22-23-24-25-26-27-28-30-32-34-36-38-40-42-48(52)49-46(45-56-57(53,54)55-44-43-50(3,4)5)47(51)41-39-37-35-33-31-29-21-19-17-15-13-11-9-7-2/h8,10,14,16,20,22,24-25,27-28,46-47,51H,6-7,9,11-13,15,17-19,21,23,26,29-45H2,1-5H3,(H-,49,52,53,54)/p+1/b10-8-,16-14-,22-20-,25-24-,28-27-. The van der Waals surface area contributed by atoms with Gasteiger partial charge in [-0.25, -0.2) is 4.57 Å². The minimum absolute atomic E-state index is 0.0677. The predicted molar refractivity (Wildman–Crippen MR) is 244 cm³/mol. The van der Waals surface area contributed by atoms with E-state index in [9.17, 15) is 19.4 Å². The lowest BCUT2D eigenvalue weighted by molar-refractivity contribution is -0.870. The molecular weight excluding hydrogens is 732 g/mol. The van der Waals surface area contributed by atoms with E-state index in [2.05, 4.69) is 79.9 Å². The summed E-state index contributed by atoms with van der Waals surface area (Å²) in [4.78, 5) is 23.2. The fourth-order valence-electron chi connectivity index (χ4n) is 6.37. The normalized spacial score (nSPS) is 14.9. The van der Waals surface area contributed by atoms with Crippen molar-refractivity contribution < 1.29 is 32.9 Å². The van der Waals surface area contributed by atoms with Crippen LogP contribution in [0.25, 0.3) is 0 Å². The number of aliphatic hydroxyl groups is 1. The number of allylic oxidation sites excluding steroid dienone is 10. The van der Waals surface area contributed by atoms with E-state index in [0.717, 1.165) is 89.9 Å². The molecule has 0 saturated heterocycles. The molecule has 3 atom stereocenters. The highest BCUT2D eigenvalue weighted by molar-refractivity contribution is 7.47. The number of likely N-dealkylation sites (N-methyl/N-ethyl adjacent to an activating group) is 1. The number of amides is 1. The Balaban J connectivity index is 4.38. The number of quaternary nitrogens is 1. The van der Waals surface area contributed by atoms with E-state index in [4.69, 9.17) is 9.05 Å². The van der Waals surface area contributed by atoms with Gasteiger partial charge in [-0.15, -0.1) is 0 Å². The maximum absolute atomic E-state index is 12.9. The van der Waals surface area contributed by atoms with Gasteiger partial charge in [0.15, 0.2) is 0 Å². The molecule has 57 heavy (non-hydrogen) atoms. The second-order valence-electron chi connectivity index (χ2n) is 16.8. The minimum Gasteiger partial charge on any atom is -0.391 e. The average molecular weight is 822 g/mol. The number of carbonyl (C=O) groups is 1. The van der Waals surface area contributed by atoms with E-state index in [1.54, 1.807) is 0 Å². The molecular formula is C48H90N2O6P+. The van der Waals surface area contributed by atoms with Gasteiger partial charge in [-0.3, -0.25) is 13.8 Å². The molecule has 1 amide bonds. The summed E-state index contributed by atoms with van der Waals surface area (Å²) in [6, 6.07) is -0.773. The number of phosphoric ester groups is 1. The molecule has 0 aromatic heterocycles. The molecule has 0 aliphatic rings. The smallest absolute Gasteiger partial charge is 0.391 e. The molecule has 0 aromatic rings. The molecule has 0 bridgehead atoms. The third-order valence-electron chi connectivity index (χ3n) is 10.0. The predicted octanol–water partition coefficient (Wildman–Crippen LogP) is 13.0. The SMILES string of the molecule is CC/C=C\C/C=C\C/C=C\C/C=C\C/C=C\CCCCCCCC(=O)NC(COP(=O)(O)OCC[N+](C)(C)C)C(O)CCCCCCCCCCCCCCCC. The average Bonchev–Trinajstić information content (AvgIpc) is 3.16. The molecule has 3 N–H and O–H groups in total. The summed E-state index contributed by atoms with van der Waals surface area (Å²) in [5.74, 6) is -0.166. The zero-order chi connectivity index (χ0) is 42.1. The summed E-state index contributed by atoms with van der Waals surface area (Å²) in [7, 11) is 1.59. The molecule has 9 heteroatoms. The Morgan fingerprint density at radius 2 is 1.05 bits per heavy atom. The van der Waals surface area contributed by atoms with Crippen LogP contribution in [-0.4, -0.2) is 73.4 Å². The van der Waals surface area contributed by atoms with Crippen LogP contribution in [0, 0.1) is 0 Å². The lowest BCUT2D eigenvalue weighted by atomic mass is 10.0. The summed E-state index contributed by atoms with van der Waals surface area (Å²) in [6.07, 6.45) is 51.0. The molecule has 0 spiro atoms. The Morgan fingerprint density at radius 3 is 1.54 bits per heavy atom. The van der Waals surface area contributed by atoms with Gasteiger partial charge < -0.3 is 19.8 Å². The summed E-state index contributed by atoms with van der Waals surface area (Å²) in [6.45, 7) is 4.75. The number of nitrogens with one attached hydrogen (secondary N) is 1. The molecule has 3 unspecified atom stereocenters. The Labute approximate surface area is 351 Å². The zero-order valence-electron chi connectivity index (χ0n) is 37.6. The highest BCUT2D eigenvalue weighted by Crippen LogP contribution is 2.43. The highest BCUT2D eigenvalue weighted by atomic mass is 31.2. The van der Waals surface area contributed by atoms with Crippen LogP contribution < -0.4 is 5.32 Å². The van der Waals surface area contributed by atoms with Crippen LogP contribution in [0.15, 0.2) is 60.8 Å². The van der Waals surface area contributed by atoms with Gasteiger partial charge in [0.05, 0.1) is 39.9 Å². The second kappa shape index (κ2) is 39.6. The number of hydrogen-bond acceptors (Lipinski definition) is 5. The lowest BCUT2D eigenvalue weighted by Crippen LogP contribution is -2.46. The monoisotopic (exact) mass is 822 g/mol. The molecule has 8 nitrogen and oxygen atoms in total. The minimum atomic E-state index is -4.32. The molecule has 0 rings (SSSR count). The first kappa shape index (κ1) is 55.2. The first-order valence-corrected chi connectivity index (χ1v) is 24.6. The van der Waals surface area contributed by atoms with Crippen LogP contribution in [0.4, 0.5) is 0 Å². The van der Waals surface area contributed by atoms with Gasteiger partial charge >= 0.3 is 7.82 Å². The van der Waals surface area contributed by atoms with Gasteiger partial charge in [0.2, 0.25) is 5.91 Å². The third-order valence-corrected chi connectivity index (χ3v) is 11.0. The molecule has 0 aliphatic heterocycles. The molecule has 0 fully saturated rings. The Kier molecular flexibility index (Phi) is 38.4. The number of rotatable bonds is 41. The molecule has 0 aliphatic carbocycles. The summed E-state index contributed by atoms with van der Waals surface area (Å²) >= 11 is 0. The first-order chi connectivity index (χ1) is 27.5. The van der Waals surface area contributed by atoms with Gasteiger partial charge in [0.1, 0.15) is 13.2 Å². The van der Waals surface area contributed by atoms with Crippen molar-refractivity contribution in [1.82, 2.24) is 5.32 Å². The van der Waals surface area contributed by atoms with Gasteiger partial charge in [0.25, 0.3) is 0 Å². The molecule has 0 heterocycles. The van der Waals surface area contributed by atoms with Crippen molar-refractivity contribution in [3.05, 3.63) is 60.8 Å². The number of aliphatic hydroxyl groups excluding tert-OH is 1. The number of phosphoric acid groups is 1. The van der Waals surface area contributed by atoms with E-state index < -0.39 is 20.0 Å². The molecule has 0 radical (unpaired) electrons. The van der Waals surface area contributed by atoms with E-state index in [1.165, 1.54) is 70.6 Å². The Hall–Kier alpha value is -1.80. The zero-order valence-corrected chi connectivity index (χ0v) is 38.5. The van der Waals surface area contributed by atoms with Crippen LogP contribution in [0.2, 0.25) is 0 Å². The van der Waals surface area contributed by atoms with Crippen molar-refractivity contribution in [1.29, 1.82) is 0 Å². The van der Waals surface area contributed by atoms with Crippen molar-refractivity contribution in [2.75, 3.05) is 40.9 Å². The van der Waals surface area contributed by atoms with E-state index in [-0.39, 0.29) is 19.1 Å². The maximum Gasteiger partial charge on any atom is 0.472 e. The van der Waals surface area contributed by atoms with Gasteiger partial charge in [-0.05, 0) is 57.8 Å². The van der Waals surface area contributed by atoms with Gasteiger partial charge in [0, 0.05) is 6.42 Å². The largest absolute Gasteiger partial charge is 0.472 e. The second-order valence-corrected chi connectivity index (χ2v) is 18.2. The third kappa shape index (κ3) is 42.1. The van der Waals surface area contributed by atoms with Crippen LogP contribution in [0.5, 0.6) is 0 Å². The van der Waals surface area contributed by atoms with Crippen molar-refractivity contribution in [3.8, 4) is 0 Å². The lowest BCUT2D eigenvalue weighted by Gasteiger charge is -2.26. The van der Waals surface area contributed by atoms with E-state index >= 15 is 0 Å². The molecule has 0 saturated carbocycles. The summed E-state index contributed by atoms with van der Waals surface area (Å²) in [5.41, 5.74) is 0. The summed E-state index contributed by atoms with van der Waals surface area (Å²) in [5, 5.41) is 14.0.